The third kappa shape index (κ3) is 4.50. The highest BCUT2D eigenvalue weighted by Crippen LogP contribution is 2.28. The third-order valence-electron chi connectivity index (χ3n) is 3.92. The van der Waals surface area contributed by atoms with Crippen LogP contribution in [0.25, 0.3) is 10.8 Å². The summed E-state index contributed by atoms with van der Waals surface area (Å²) in [6, 6.07) is 23.4. The van der Waals surface area contributed by atoms with Gasteiger partial charge in [-0.1, -0.05) is 74.5 Å². The quantitative estimate of drug-likeness (QED) is 0.653. The Morgan fingerprint density at radius 1 is 0.875 bits per heavy atom. The van der Waals surface area contributed by atoms with Crippen molar-refractivity contribution in [2.24, 2.45) is 0 Å². The highest BCUT2D eigenvalue weighted by Gasteiger charge is 2.09. The number of halogens is 1. The minimum atomic E-state index is 0. The topological polar surface area (TPSA) is 21.3 Å². The van der Waals surface area contributed by atoms with Crippen molar-refractivity contribution in [3.8, 4) is 5.75 Å². The lowest BCUT2D eigenvalue weighted by Crippen LogP contribution is -2.22. The second-order valence-electron chi connectivity index (χ2n) is 6.07. The van der Waals surface area contributed by atoms with Gasteiger partial charge in [-0.2, -0.15) is 0 Å². The minimum absolute atomic E-state index is 0. The van der Waals surface area contributed by atoms with Gasteiger partial charge in [0.25, 0.3) is 0 Å². The number of benzene rings is 3. The van der Waals surface area contributed by atoms with Gasteiger partial charge in [0.15, 0.2) is 0 Å². The Labute approximate surface area is 150 Å². The van der Waals surface area contributed by atoms with Crippen LogP contribution >= 0.6 is 12.4 Å². The normalized spacial score (nSPS) is 10.6. The maximum absolute atomic E-state index is 6.12. The zero-order valence-corrected chi connectivity index (χ0v) is 15.0. The van der Waals surface area contributed by atoms with Crippen LogP contribution in [0.15, 0.2) is 66.7 Å². The molecule has 0 spiro atoms. The van der Waals surface area contributed by atoms with E-state index in [-0.39, 0.29) is 12.4 Å². The lowest BCUT2D eigenvalue weighted by Gasteiger charge is -2.16. The molecule has 3 aromatic rings. The molecule has 0 aliphatic carbocycles. The lowest BCUT2D eigenvalue weighted by atomic mass is 10.0. The van der Waals surface area contributed by atoms with E-state index in [1.807, 2.05) is 18.2 Å². The van der Waals surface area contributed by atoms with Crippen LogP contribution in [0.2, 0.25) is 0 Å². The van der Waals surface area contributed by atoms with Crippen LogP contribution < -0.4 is 10.1 Å². The molecule has 3 aromatic carbocycles. The number of ether oxygens (including phenoxy) is 1. The molecule has 0 unspecified atom stereocenters. The molecule has 0 bridgehead atoms. The first-order valence-corrected chi connectivity index (χ1v) is 8.15. The molecule has 2 nitrogen and oxygen atoms in total. The van der Waals surface area contributed by atoms with E-state index in [1.165, 1.54) is 21.9 Å². The van der Waals surface area contributed by atoms with Crippen LogP contribution in [-0.4, -0.2) is 6.04 Å². The van der Waals surface area contributed by atoms with Crippen LogP contribution in [-0.2, 0) is 13.2 Å². The summed E-state index contributed by atoms with van der Waals surface area (Å²) in [5.74, 6) is 0.959. The molecule has 0 saturated carbocycles. The summed E-state index contributed by atoms with van der Waals surface area (Å²) in [6.07, 6.45) is 0. The van der Waals surface area contributed by atoms with E-state index in [4.69, 9.17) is 4.74 Å². The Bertz CT molecular complexity index is 771. The van der Waals surface area contributed by atoms with Crippen molar-refractivity contribution >= 4 is 23.2 Å². The number of rotatable bonds is 6. The van der Waals surface area contributed by atoms with E-state index in [0.29, 0.717) is 12.6 Å². The van der Waals surface area contributed by atoms with Gasteiger partial charge < -0.3 is 10.1 Å². The summed E-state index contributed by atoms with van der Waals surface area (Å²) >= 11 is 0. The Balaban J connectivity index is 0.00000208. The fraction of sp³-hybridized carbons (Fsp3) is 0.238. The maximum atomic E-state index is 6.12. The first-order chi connectivity index (χ1) is 11.2. The zero-order valence-electron chi connectivity index (χ0n) is 14.2. The molecule has 0 aliphatic heterocycles. The molecule has 0 saturated heterocycles. The molecule has 3 rings (SSSR count). The highest BCUT2D eigenvalue weighted by molar-refractivity contribution is 5.87. The number of hydrogen-bond acceptors (Lipinski definition) is 2. The fourth-order valence-corrected chi connectivity index (χ4v) is 2.68. The van der Waals surface area contributed by atoms with Crippen LogP contribution in [0, 0.1) is 0 Å². The highest BCUT2D eigenvalue weighted by atomic mass is 35.5. The van der Waals surface area contributed by atoms with Crippen LogP contribution in [0.5, 0.6) is 5.75 Å². The van der Waals surface area contributed by atoms with E-state index in [2.05, 4.69) is 67.7 Å². The molecule has 0 fully saturated rings. The average molecular weight is 342 g/mol. The Morgan fingerprint density at radius 3 is 2.33 bits per heavy atom. The van der Waals surface area contributed by atoms with Gasteiger partial charge >= 0.3 is 0 Å². The SMILES string of the molecule is CC(C)NCc1c(OCc2ccccc2)ccc2ccccc12.Cl. The molecule has 3 heteroatoms. The molecule has 126 valence electrons. The van der Waals surface area contributed by atoms with Gasteiger partial charge in [-0.25, -0.2) is 0 Å². The summed E-state index contributed by atoms with van der Waals surface area (Å²) in [6.45, 7) is 5.72. The van der Waals surface area contributed by atoms with Crippen molar-refractivity contribution < 1.29 is 4.74 Å². The van der Waals surface area contributed by atoms with Crippen molar-refractivity contribution in [2.75, 3.05) is 0 Å². The second kappa shape index (κ2) is 8.72. The maximum Gasteiger partial charge on any atom is 0.124 e. The van der Waals surface area contributed by atoms with E-state index in [0.717, 1.165) is 12.3 Å². The van der Waals surface area contributed by atoms with E-state index in [9.17, 15) is 0 Å². The van der Waals surface area contributed by atoms with E-state index >= 15 is 0 Å². The largest absolute Gasteiger partial charge is 0.489 e. The van der Waals surface area contributed by atoms with Gasteiger partial charge in [0.05, 0.1) is 0 Å². The van der Waals surface area contributed by atoms with Crippen molar-refractivity contribution in [3.63, 3.8) is 0 Å². The molecular weight excluding hydrogens is 318 g/mol. The fourth-order valence-electron chi connectivity index (χ4n) is 2.68. The number of nitrogens with one attached hydrogen (secondary N) is 1. The molecular formula is C21H24ClNO. The first-order valence-electron chi connectivity index (χ1n) is 8.15. The van der Waals surface area contributed by atoms with Crippen molar-refractivity contribution in [1.29, 1.82) is 0 Å². The average Bonchev–Trinajstić information content (AvgIpc) is 2.59. The van der Waals surface area contributed by atoms with Gasteiger partial charge in [0.2, 0.25) is 0 Å². The number of hydrogen-bond donors (Lipinski definition) is 1. The zero-order chi connectivity index (χ0) is 16.1. The molecule has 0 aromatic heterocycles. The van der Waals surface area contributed by atoms with Crippen molar-refractivity contribution in [1.82, 2.24) is 5.32 Å². The molecule has 0 aliphatic rings. The molecule has 0 heterocycles. The van der Waals surface area contributed by atoms with Crippen molar-refractivity contribution in [3.05, 3.63) is 77.9 Å². The third-order valence-corrected chi connectivity index (χ3v) is 3.92. The molecule has 1 N–H and O–H groups in total. The number of fused-ring (bicyclic) bond motifs is 1. The Morgan fingerprint density at radius 2 is 1.58 bits per heavy atom. The lowest BCUT2D eigenvalue weighted by molar-refractivity contribution is 0.302. The monoisotopic (exact) mass is 341 g/mol. The second-order valence-corrected chi connectivity index (χ2v) is 6.07. The molecule has 0 amide bonds. The molecule has 0 atom stereocenters. The summed E-state index contributed by atoms with van der Waals surface area (Å²) in [7, 11) is 0. The summed E-state index contributed by atoms with van der Waals surface area (Å²) < 4.78 is 6.12. The summed E-state index contributed by atoms with van der Waals surface area (Å²) in [4.78, 5) is 0. The summed E-state index contributed by atoms with van der Waals surface area (Å²) in [5, 5.41) is 6.02. The van der Waals surface area contributed by atoms with Gasteiger partial charge in [0, 0.05) is 18.2 Å². The molecule has 0 radical (unpaired) electrons. The van der Waals surface area contributed by atoms with Gasteiger partial charge in [-0.05, 0) is 22.4 Å². The van der Waals surface area contributed by atoms with Crippen LogP contribution in [0.1, 0.15) is 25.0 Å². The predicted octanol–water partition coefficient (Wildman–Crippen LogP) is 5.34. The Hall–Kier alpha value is -2.03. The standard InChI is InChI=1S/C21H23NO.ClH/c1-16(2)22-14-20-19-11-7-6-10-18(19)12-13-21(20)23-15-17-8-4-3-5-9-17;/h3-13,16,22H,14-15H2,1-2H3;1H. The van der Waals surface area contributed by atoms with E-state index in [1.54, 1.807) is 0 Å². The van der Waals surface area contributed by atoms with E-state index < -0.39 is 0 Å². The van der Waals surface area contributed by atoms with Crippen LogP contribution in [0.4, 0.5) is 0 Å². The van der Waals surface area contributed by atoms with Gasteiger partial charge in [0.1, 0.15) is 12.4 Å². The van der Waals surface area contributed by atoms with Gasteiger partial charge in [-0.15, -0.1) is 12.4 Å². The van der Waals surface area contributed by atoms with Gasteiger partial charge in [-0.3, -0.25) is 0 Å². The van der Waals surface area contributed by atoms with Crippen LogP contribution in [0.3, 0.4) is 0 Å². The van der Waals surface area contributed by atoms with Crippen molar-refractivity contribution in [2.45, 2.75) is 33.0 Å². The predicted molar refractivity (Wildman–Crippen MR) is 104 cm³/mol. The minimum Gasteiger partial charge on any atom is -0.489 e. The Kier molecular flexibility index (Phi) is 6.65. The summed E-state index contributed by atoms with van der Waals surface area (Å²) in [5.41, 5.74) is 2.41. The molecule has 24 heavy (non-hydrogen) atoms. The smallest absolute Gasteiger partial charge is 0.124 e. The first kappa shape index (κ1) is 18.3.